The van der Waals surface area contributed by atoms with Crippen LogP contribution in [0.15, 0.2) is 57.5 Å². The Morgan fingerprint density at radius 1 is 1.05 bits per heavy atom. The van der Waals surface area contributed by atoms with Gasteiger partial charge in [0.15, 0.2) is 6.54 Å². The lowest BCUT2D eigenvalue weighted by Gasteiger charge is -2.11. The van der Waals surface area contributed by atoms with E-state index in [1.165, 1.54) is 18.2 Å². The van der Waals surface area contributed by atoms with Gasteiger partial charge in [-0.3, -0.25) is 4.79 Å². The molecule has 4 aromatic rings. The largest absolute Gasteiger partial charge is 0.492 e. The monoisotopic (exact) mass is 583 g/mol. The second kappa shape index (κ2) is 11.3. The Balaban J connectivity index is 1.21. The van der Waals surface area contributed by atoms with E-state index in [1.54, 1.807) is 18.2 Å². The van der Waals surface area contributed by atoms with Crippen molar-refractivity contribution in [2.45, 2.75) is 19.1 Å². The number of carbonyl (C=O) groups is 1. The van der Waals surface area contributed by atoms with E-state index < -0.39 is 24.3 Å². The maximum atomic E-state index is 12.7. The Kier molecular flexibility index (Phi) is 7.91. The number of carboxylic acids is 1. The van der Waals surface area contributed by atoms with Gasteiger partial charge in [-0.15, -0.1) is 10.2 Å². The summed E-state index contributed by atoms with van der Waals surface area (Å²) in [5.74, 6) is 0.550. The summed E-state index contributed by atoms with van der Waals surface area (Å²) in [5, 5.41) is 23.7. The summed E-state index contributed by atoms with van der Waals surface area (Å²) >= 11 is 3.39. The lowest BCUT2D eigenvalue weighted by Crippen LogP contribution is -2.11. The molecule has 0 spiro atoms. The number of aromatic nitrogens is 5. The Bertz CT molecular complexity index is 1360. The van der Waals surface area contributed by atoms with Crippen LogP contribution in [-0.4, -0.2) is 49.7 Å². The molecule has 0 bridgehead atoms. The molecule has 37 heavy (non-hydrogen) atoms. The van der Waals surface area contributed by atoms with E-state index in [4.69, 9.17) is 23.8 Å². The number of rotatable bonds is 11. The molecule has 11 nitrogen and oxygen atoms in total. The molecule has 0 amide bonds. The van der Waals surface area contributed by atoms with Crippen LogP contribution >= 0.6 is 15.9 Å². The zero-order chi connectivity index (χ0) is 26.4. The van der Waals surface area contributed by atoms with Crippen molar-refractivity contribution in [3.05, 3.63) is 58.6 Å². The molecule has 194 valence electrons. The molecule has 0 unspecified atom stereocenters. The molecule has 0 saturated heterocycles. The van der Waals surface area contributed by atoms with Crippen LogP contribution < -0.4 is 14.2 Å². The van der Waals surface area contributed by atoms with Gasteiger partial charge >= 0.3 is 12.1 Å². The van der Waals surface area contributed by atoms with Gasteiger partial charge in [0, 0.05) is 6.42 Å². The quantitative estimate of drug-likeness (QED) is 0.244. The zero-order valence-corrected chi connectivity index (χ0v) is 20.3. The first-order valence-corrected chi connectivity index (χ1v) is 11.3. The molecule has 0 aliphatic heterocycles. The predicted octanol–water partition coefficient (Wildman–Crippen LogP) is 4.83. The molecule has 15 heteroatoms. The number of tetrazole rings is 1. The molecular weight excluding hydrogens is 567 g/mol. The summed E-state index contributed by atoms with van der Waals surface area (Å²) in [4.78, 5) is 11.6. The van der Waals surface area contributed by atoms with E-state index in [0.29, 0.717) is 29.0 Å². The molecule has 0 saturated carbocycles. The highest BCUT2D eigenvalue weighted by molar-refractivity contribution is 9.10. The van der Waals surface area contributed by atoms with Gasteiger partial charge in [0.25, 0.3) is 5.88 Å². The summed E-state index contributed by atoms with van der Waals surface area (Å²) < 4.78 is 60.5. The highest BCUT2D eigenvalue weighted by atomic mass is 79.9. The third-order valence-electron chi connectivity index (χ3n) is 4.56. The average Bonchev–Trinajstić information content (AvgIpc) is 3.49. The predicted molar refractivity (Wildman–Crippen MR) is 122 cm³/mol. The molecule has 1 N–H and O–H groups in total. The third-order valence-corrected chi connectivity index (χ3v) is 5.18. The van der Waals surface area contributed by atoms with Crippen LogP contribution in [-0.2, 0) is 17.5 Å². The average molecular weight is 584 g/mol. The Morgan fingerprint density at radius 2 is 1.78 bits per heavy atom. The van der Waals surface area contributed by atoms with Crippen LogP contribution in [0.25, 0.3) is 11.6 Å². The SMILES string of the molecule is O=C(O)Cn1nnc(-c2cc(OCCCOc3ccc(Oc4ccc(C(F)(F)F)cc4)cc3Br)no2)n1. The molecule has 0 aliphatic carbocycles. The van der Waals surface area contributed by atoms with E-state index in [9.17, 15) is 18.0 Å². The summed E-state index contributed by atoms with van der Waals surface area (Å²) in [7, 11) is 0. The number of benzene rings is 2. The molecule has 0 aliphatic rings. The highest BCUT2D eigenvalue weighted by Crippen LogP contribution is 2.34. The minimum absolute atomic E-state index is 0.0718. The van der Waals surface area contributed by atoms with E-state index in [1.807, 2.05) is 0 Å². The van der Waals surface area contributed by atoms with E-state index in [0.717, 1.165) is 16.9 Å². The second-order valence-corrected chi connectivity index (χ2v) is 8.19. The van der Waals surface area contributed by atoms with Gasteiger partial charge in [-0.05, 0) is 68.8 Å². The minimum Gasteiger partial charge on any atom is -0.492 e. The van der Waals surface area contributed by atoms with Gasteiger partial charge < -0.3 is 23.8 Å². The fraction of sp³-hybridized carbons (Fsp3) is 0.227. The fourth-order valence-corrected chi connectivity index (χ4v) is 3.36. The molecule has 2 aromatic heterocycles. The van der Waals surface area contributed by atoms with Gasteiger partial charge in [-0.1, -0.05) is 0 Å². The van der Waals surface area contributed by atoms with Gasteiger partial charge in [0.05, 0.1) is 29.3 Å². The molecule has 4 rings (SSSR count). The number of hydrogen-bond acceptors (Lipinski definition) is 9. The van der Waals surface area contributed by atoms with Crippen LogP contribution in [0.1, 0.15) is 12.0 Å². The van der Waals surface area contributed by atoms with Crippen molar-refractivity contribution in [2.24, 2.45) is 0 Å². The number of nitrogens with zero attached hydrogens (tertiary/aromatic N) is 5. The maximum absolute atomic E-state index is 12.7. The van der Waals surface area contributed by atoms with E-state index in [-0.39, 0.29) is 29.8 Å². The van der Waals surface area contributed by atoms with Crippen LogP contribution in [0.4, 0.5) is 13.2 Å². The minimum atomic E-state index is -4.41. The van der Waals surface area contributed by atoms with Crippen LogP contribution in [0.2, 0.25) is 0 Å². The summed E-state index contributed by atoms with van der Waals surface area (Å²) in [6, 6.07) is 10.8. The van der Waals surface area contributed by atoms with Crippen molar-refractivity contribution in [3.8, 4) is 34.7 Å². The van der Waals surface area contributed by atoms with E-state index in [2.05, 4.69) is 36.5 Å². The van der Waals surface area contributed by atoms with Crippen molar-refractivity contribution >= 4 is 21.9 Å². The fourth-order valence-electron chi connectivity index (χ4n) is 2.89. The third kappa shape index (κ3) is 7.19. The number of ether oxygens (including phenoxy) is 3. The van der Waals surface area contributed by atoms with Crippen LogP contribution in [0, 0.1) is 0 Å². The smallest absolute Gasteiger partial charge is 0.416 e. The van der Waals surface area contributed by atoms with Crippen LogP contribution in [0.3, 0.4) is 0 Å². The van der Waals surface area contributed by atoms with Gasteiger partial charge in [-0.25, -0.2) is 0 Å². The molecule has 2 aromatic carbocycles. The Hall–Kier alpha value is -4.14. The standard InChI is InChI=1S/C22H17BrF3N5O6/c23-16-10-15(36-14-4-2-13(3-5-14)22(24,25)26)6-7-17(16)34-8-1-9-35-19-11-18(37-29-19)21-27-30-31(28-21)12-20(32)33/h2-7,10-11H,1,8-9,12H2,(H,32,33). The lowest BCUT2D eigenvalue weighted by molar-refractivity contribution is -0.138. The normalized spacial score (nSPS) is 11.4. The molecule has 0 radical (unpaired) electrons. The Morgan fingerprint density at radius 3 is 2.49 bits per heavy atom. The van der Waals surface area contributed by atoms with Crippen molar-refractivity contribution in [3.63, 3.8) is 0 Å². The van der Waals surface area contributed by atoms with Crippen molar-refractivity contribution in [1.29, 1.82) is 0 Å². The van der Waals surface area contributed by atoms with E-state index >= 15 is 0 Å². The summed E-state index contributed by atoms with van der Waals surface area (Å²) in [5.41, 5.74) is -0.753. The van der Waals surface area contributed by atoms with Crippen molar-refractivity contribution in [1.82, 2.24) is 25.4 Å². The number of carboxylic acid groups (broad SMARTS) is 1. The zero-order valence-electron chi connectivity index (χ0n) is 18.7. The first-order valence-electron chi connectivity index (χ1n) is 10.5. The number of halogens is 4. The second-order valence-electron chi connectivity index (χ2n) is 7.33. The summed E-state index contributed by atoms with van der Waals surface area (Å²) in [6.07, 6.45) is -3.90. The maximum Gasteiger partial charge on any atom is 0.416 e. The van der Waals surface area contributed by atoms with Crippen LogP contribution in [0.5, 0.6) is 23.1 Å². The number of hydrogen-bond donors (Lipinski definition) is 1. The molecule has 0 atom stereocenters. The summed E-state index contributed by atoms with van der Waals surface area (Å²) in [6.45, 7) is 0.140. The van der Waals surface area contributed by atoms with Gasteiger partial charge in [0.1, 0.15) is 17.2 Å². The number of aliphatic carboxylic acids is 1. The topological polar surface area (TPSA) is 135 Å². The molecule has 0 fully saturated rings. The first-order chi connectivity index (χ1) is 17.7. The number of alkyl halides is 3. The van der Waals surface area contributed by atoms with Crippen molar-refractivity contribution < 1.29 is 41.8 Å². The first kappa shape index (κ1) is 25.9. The highest BCUT2D eigenvalue weighted by Gasteiger charge is 2.30. The molecular formula is C22H17BrF3N5O6. The van der Waals surface area contributed by atoms with Gasteiger partial charge in [-0.2, -0.15) is 18.0 Å². The Labute approximate surface area is 214 Å². The lowest BCUT2D eigenvalue weighted by atomic mass is 10.2. The molecule has 2 heterocycles. The van der Waals surface area contributed by atoms with Crippen molar-refractivity contribution in [2.75, 3.05) is 13.2 Å². The van der Waals surface area contributed by atoms with Gasteiger partial charge in [0.2, 0.25) is 11.6 Å².